The molecule has 0 spiro atoms. The van der Waals surface area contributed by atoms with Crippen LogP contribution in [-0.2, 0) is 0 Å². The van der Waals surface area contributed by atoms with Gasteiger partial charge < -0.3 is 0 Å². The molecule has 0 radical (unpaired) electrons. The Hall–Kier alpha value is -0.260. The van der Waals surface area contributed by atoms with Gasteiger partial charge in [-0.25, -0.2) is 0 Å². The Morgan fingerprint density at radius 2 is 1.50 bits per heavy atom. The van der Waals surface area contributed by atoms with Crippen molar-refractivity contribution in [1.82, 2.24) is 0 Å². The van der Waals surface area contributed by atoms with Crippen molar-refractivity contribution < 1.29 is 0 Å². The summed E-state index contributed by atoms with van der Waals surface area (Å²) < 4.78 is 0. The maximum atomic E-state index is 3.00. The van der Waals surface area contributed by atoms with Crippen molar-refractivity contribution in [2.75, 3.05) is 0 Å². The Bertz CT molecular complexity index is 109. The molecule has 0 bridgehead atoms. The van der Waals surface area contributed by atoms with E-state index in [1.807, 2.05) is 0 Å². The van der Waals surface area contributed by atoms with Gasteiger partial charge in [0.2, 0.25) is 0 Å². The summed E-state index contributed by atoms with van der Waals surface area (Å²) in [5.74, 6) is 0.905. The molecule has 0 unspecified atom stereocenters. The van der Waals surface area contributed by atoms with E-state index in [0.29, 0.717) is 0 Å². The lowest BCUT2D eigenvalue weighted by atomic mass is 9.97. The monoisotopic (exact) mass is 198 g/mol. The second-order valence-electron chi connectivity index (χ2n) is 4.95. The Balaban J connectivity index is 0. The fourth-order valence-corrected chi connectivity index (χ4v) is 1.10. The minimum atomic E-state index is 0.782. The van der Waals surface area contributed by atoms with E-state index in [1.54, 1.807) is 0 Å². The van der Waals surface area contributed by atoms with Gasteiger partial charge in [-0.1, -0.05) is 47.5 Å². The molecule has 0 heteroatoms. The van der Waals surface area contributed by atoms with E-state index in [9.17, 15) is 0 Å². The van der Waals surface area contributed by atoms with Gasteiger partial charge in [-0.05, 0) is 30.6 Å². The van der Waals surface area contributed by atoms with Crippen LogP contribution in [0.3, 0.4) is 0 Å². The van der Waals surface area contributed by atoms with Crippen molar-refractivity contribution in [1.29, 1.82) is 0 Å². The van der Waals surface area contributed by atoms with E-state index in [0.717, 1.165) is 11.3 Å². The van der Waals surface area contributed by atoms with E-state index in [2.05, 4.69) is 47.8 Å². The molecule has 14 heavy (non-hydrogen) atoms. The van der Waals surface area contributed by atoms with Crippen LogP contribution >= 0.6 is 0 Å². The van der Waals surface area contributed by atoms with Crippen molar-refractivity contribution in [3.63, 3.8) is 0 Å². The summed E-state index contributed by atoms with van der Waals surface area (Å²) in [6, 6.07) is 0. The van der Waals surface area contributed by atoms with Crippen molar-refractivity contribution in [2.45, 2.75) is 66.7 Å². The average molecular weight is 198 g/mol. The van der Waals surface area contributed by atoms with Gasteiger partial charge in [0.05, 0.1) is 0 Å². The van der Waals surface area contributed by atoms with E-state index in [-0.39, 0.29) is 0 Å². The third kappa shape index (κ3) is 11.7. The summed E-state index contributed by atoms with van der Waals surface area (Å²) in [6.07, 6.45) is 7.11. The molecule has 0 nitrogen and oxygen atoms in total. The summed E-state index contributed by atoms with van der Waals surface area (Å²) in [5, 5.41) is 0. The molecule has 1 fully saturated rings. The van der Waals surface area contributed by atoms with Gasteiger partial charge in [-0.15, -0.1) is 13.2 Å². The van der Waals surface area contributed by atoms with Crippen LogP contribution in [0, 0.1) is 11.3 Å². The maximum absolute atomic E-state index is 3.00. The number of rotatable bonds is 3. The molecular weight excluding hydrogens is 168 g/mol. The zero-order chi connectivity index (χ0) is 11.6. The standard InChI is InChI=1S/C9H18.C3H8.C2H4/c1-8(2)4-5-9(3)6-7-9;1-3-2;1-2/h8H,4-7H2,1-3H3;3H2,1-2H3;1-2H2. The highest BCUT2D eigenvalue weighted by Crippen LogP contribution is 2.49. The molecule has 1 aliphatic rings. The molecule has 0 heterocycles. The van der Waals surface area contributed by atoms with E-state index in [4.69, 9.17) is 0 Å². The minimum Gasteiger partial charge on any atom is -0.106 e. The predicted molar refractivity (Wildman–Crippen MR) is 68.6 cm³/mol. The first-order chi connectivity index (χ1) is 6.54. The second kappa shape index (κ2) is 9.30. The van der Waals surface area contributed by atoms with Crippen LogP contribution in [-0.4, -0.2) is 0 Å². The lowest BCUT2D eigenvalue weighted by molar-refractivity contribution is 0.436. The van der Waals surface area contributed by atoms with Gasteiger partial charge >= 0.3 is 0 Å². The van der Waals surface area contributed by atoms with Gasteiger partial charge in [0.25, 0.3) is 0 Å². The molecule has 0 N–H and O–H groups in total. The fraction of sp³-hybridized carbons (Fsp3) is 0.857. The lowest BCUT2D eigenvalue weighted by Gasteiger charge is -2.08. The molecule has 0 aliphatic heterocycles. The molecule has 0 atom stereocenters. The van der Waals surface area contributed by atoms with Crippen LogP contribution in [0.4, 0.5) is 0 Å². The SMILES string of the molecule is C=C.CC(C)CCC1(C)CC1.CCC. The molecule has 0 aromatic rings. The van der Waals surface area contributed by atoms with Crippen LogP contribution in [0.25, 0.3) is 0 Å². The molecule has 1 aliphatic carbocycles. The minimum absolute atomic E-state index is 0.782. The molecule has 86 valence electrons. The second-order valence-corrected chi connectivity index (χ2v) is 4.95. The zero-order valence-corrected chi connectivity index (χ0v) is 11.0. The van der Waals surface area contributed by atoms with Crippen LogP contribution in [0.2, 0.25) is 0 Å². The molecular formula is C14H30. The normalized spacial score (nSPS) is 16.1. The quantitative estimate of drug-likeness (QED) is 0.530. The van der Waals surface area contributed by atoms with Crippen LogP contribution < -0.4 is 0 Å². The van der Waals surface area contributed by atoms with Gasteiger partial charge in [0, 0.05) is 0 Å². The van der Waals surface area contributed by atoms with Crippen LogP contribution in [0.5, 0.6) is 0 Å². The molecule has 1 saturated carbocycles. The molecule has 1 rings (SSSR count). The highest BCUT2D eigenvalue weighted by molar-refractivity contribution is 4.88. The highest BCUT2D eigenvalue weighted by atomic mass is 14.4. The summed E-state index contributed by atoms with van der Waals surface area (Å²) in [6.45, 7) is 17.3. The Morgan fingerprint density at radius 3 is 1.71 bits per heavy atom. The average Bonchev–Trinajstić information content (AvgIpc) is 2.87. The van der Waals surface area contributed by atoms with E-state index >= 15 is 0 Å². The van der Waals surface area contributed by atoms with Gasteiger partial charge in [-0.2, -0.15) is 0 Å². The third-order valence-electron chi connectivity index (χ3n) is 2.43. The van der Waals surface area contributed by atoms with Gasteiger partial charge in [-0.3, -0.25) is 0 Å². The molecule has 0 saturated heterocycles. The topological polar surface area (TPSA) is 0 Å². The highest BCUT2D eigenvalue weighted by Gasteiger charge is 2.36. The van der Waals surface area contributed by atoms with Crippen molar-refractivity contribution in [2.24, 2.45) is 11.3 Å². The van der Waals surface area contributed by atoms with Crippen LogP contribution in [0.15, 0.2) is 13.2 Å². The Morgan fingerprint density at radius 1 is 1.14 bits per heavy atom. The van der Waals surface area contributed by atoms with Crippen molar-refractivity contribution in [3.8, 4) is 0 Å². The van der Waals surface area contributed by atoms with E-state index < -0.39 is 0 Å². The third-order valence-corrected chi connectivity index (χ3v) is 2.43. The largest absolute Gasteiger partial charge is 0.106 e. The lowest BCUT2D eigenvalue weighted by Crippen LogP contribution is -1.96. The predicted octanol–water partition coefficient (Wildman–Crippen LogP) is 5.44. The zero-order valence-electron chi connectivity index (χ0n) is 11.0. The first-order valence-electron chi connectivity index (χ1n) is 6.04. The number of hydrogen-bond donors (Lipinski definition) is 0. The van der Waals surface area contributed by atoms with Gasteiger partial charge in [0.15, 0.2) is 0 Å². The smallest absolute Gasteiger partial charge is 0.0325 e. The molecule has 0 amide bonds. The first-order valence-corrected chi connectivity index (χ1v) is 6.04. The number of hydrogen-bond acceptors (Lipinski definition) is 0. The van der Waals surface area contributed by atoms with Crippen molar-refractivity contribution >= 4 is 0 Å². The summed E-state index contributed by atoms with van der Waals surface area (Å²) in [7, 11) is 0. The molecule has 0 aromatic heterocycles. The fourth-order valence-electron chi connectivity index (χ4n) is 1.10. The van der Waals surface area contributed by atoms with Crippen molar-refractivity contribution in [3.05, 3.63) is 13.2 Å². The van der Waals surface area contributed by atoms with Gasteiger partial charge in [0.1, 0.15) is 0 Å². The maximum Gasteiger partial charge on any atom is -0.0325 e. The first kappa shape index (κ1) is 16.2. The Labute approximate surface area is 91.8 Å². The summed E-state index contributed by atoms with van der Waals surface area (Å²) in [4.78, 5) is 0. The Kier molecular flexibility index (Phi) is 10.7. The molecule has 0 aromatic carbocycles. The summed E-state index contributed by atoms with van der Waals surface area (Å²) in [5.41, 5.74) is 0.782. The van der Waals surface area contributed by atoms with Crippen LogP contribution in [0.1, 0.15) is 66.7 Å². The summed E-state index contributed by atoms with van der Waals surface area (Å²) >= 11 is 0. The van der Waals surface area contributed by atoms with E-state index in [1.165, 1.54) is 32.1 Å².